The van der Waals surface area contributed by atoms with Crippen molar-refractivity contribution in [3.05, 3.63) is 46.1 Å². The molecule has 0 saturated carbocycles. The Morgan fingerprint density at radius 3 is 2.48 bits per heavy atom. The van der Waals surface area contributed by atoms with Gasteiger partial charge in [0.1, 0.15) is 21.3 Å². The van der Waals surface area contributed by atoms with Crippen molar-refractivity contribution in [2.75, 3.05) is 11.9 Å². The zero-order valence-corrected chi connectivity index (χ0v) is 16.3. The van der Waals surface area contributed by atoms with Crippen LogP contribution in [0.4, 0.5) is 5.82 Å². The molecule has 142 valence electrons. The third-order valence-corrected chi connectivity index (χ3v) is 6.16. The van der Waals surface area contributed by atoms with E-state index in [1.165, 1.54) is 12.1 Å². The molecule has 10 heteroatoms. The van der Waals surface area contributed by atoms with Crippen LogP contribution >= 0.6 is 11.3 Å². The maximum absolute atomic E-state index is 11.4. The summed E-state index contributed by atoms with van der Waals surface area (Å²) in [5.41, 5.74) is 1.58. The number of nitrogens with zero attached hydrogens (tertiary/aromatic N) is 2. The molecule has 0 aliphatic rings. The van der Waals surface area contributed by atoms with Crippen LogP contribution in [0, 0.1) is 13.8 Å². The van der Waals surface area contributed by atoms with Gasteiger partial charge >= 0.3 is 5.97 Å². The number of carbonyl (C=O) groups is 1. The Balaban J connectivity index is 1.80. The van der Waals surface area contributed by atoms with Gasteiger partial charge in [0.15, 0.2) is 0 Å². The number of primary sulfonamides is 1. The van der Waals surface area contributed by atoms with Crippen molar-refractivity contribution in [3.63, 3.8) is 0 Å². The number of sulfonamides is 1. The average molecular weight is 406 g/mol. The molecule has 1 aromatic carbocycles. The van der Waals surface area contributed by atoms with E-state index in [1.54, 1.807) is 26.0 Å². The van der Waals surface area contributed by atoms with Gasteiger partial charge < -0.3 is 10.4 Å². The van der Waals surface area contributed by atoms with Gasteiger partial charge in [-0.3, -0.25) is 0 Å². The quantitative estimate of drug-likeness (QED) is 0.571. The van der Waals surface area contributed by atoms with Crippen molar-refractivity contribution in [1.29, 1.82) is 0 Å². The lowest BCUT2D eigenvalue weighted by Crippen LogP contribution is -2.12. The molecule has 0 spiro atoms. The molecule has 3 rings (SSSR count). The summed E-state index contributed by atoms with van der Waals surface area (Å²) in [4.78, 5) is 21.1. The van der Waals surface area contributed by atoms with E-state index in [0.717, 1.165) is 16.9 Å². The van der Waals surface area contributed by atoms with Crippen LogP contribution in [0.15, 0.2) is 29.2 Å². The first-order valence-corrected chi connectivity index (χ1v) is 10.4. The minimum absolute atomic E-state index is 0.0717. The van der Waals surface area contributed by atoms with Crippen LogP contribution in [0.3, 0.4) is 0 Å². The Kier molecular flexibility index (Phi) is 5.13. The first kappa shape index (κ1) is 19.2. The molecule has 2 heterocycles. The number of fused-ring (bicyclic) bond motifs is 1. The third-order valence-electron chi connectivity index (χ3n) is 4.05. The van der Waals surface area contributed by atoms with Crippen molar-refractivity contribution < 1.29 is 18.3 Å². The van der Waals surface area contributed by atoms with Crippen molar-refractivity contribution in [2.24, 2.45) is 5.14 Å². The first-order valence-electron chi connectivity index (χ1n) is 8.03. The van der Waals surface area contributed by atoms with Gasteiger partial charge in [0.05, 0.1) is 10.3 Å². The number of carboxylic acid groups (broad SMARTS) is 1. The number of nitrogens with two attached hydrogens (primary N) is 1. The number of aromatic carboxylic acids is 1. The summed E-state index contributed by atoms with van der Waals surface area (Å²) in [7, 11) is -3.70. The van der Waals surface area contributed by atoms with Crippen molar-refractivity contribution in [2.45, 2.75) is 25.2 Å². The molecule has 0 unspecified atom stereocenters. The molecule has 0 aliphatic carbocycles. The second-order valence-electron chi connectivity index (χ2n) is 6.03. The topological polar surface area (TPSA) is 135 Å². The van der Waals surface area contributed by atoms with Crippen molar-refractivity contribution in [3.8, 4) is 0 Å². The highest BCUT2D eigenvalue weighted by Gasteiger charge is 2.19. The Bertz CT molecular complexity index is 1120. The largest absolute Gasteiger partial charge is 0.477 e. The molecule has 0 aliphatic heterocycles. The predicted molar refractivity (Wildman–Crippen MR) is 104 cm³/mol. The number of hydrogen-bond donors (Lipinski definition) is 3. The van der Waals surface area contributed by atoms with Crippen LogP contribution in [-0.2, 0) is 16.4 Å². The Labute approximate surface area is 160 Å². The highest BCUT2D eigenvalue weighted by atomic mass is 32.2. The molecule has 0 bridgehead atoms. The van der Waals surface area contributed by atoms with E-state index in [9.17, 15) is 18.3 Å². The molecule has 4 N–H and O–H groups in total. The molecule has 0 radical (unpaired) electrons. The summed E-state index contributed by atoms with van der Waals surface area (Å²) >= 11 is 1.13. The second kappa shape index (κ2) is 7.22. The molecule has 2 aromatic heterocycles. The SMILES string of the molecule is Cc1nc(NCCc2ccc(S(N)(=O)=O)cc2)c2c(C)c(C(=O)O)sc2n1. The van der Waals surface area contributed by atoms with Gasteiger partial charge in [0.2, 0.25) is 10.0 Å². The molecule has 27 heavy (non-hydrogen) atoms. The zero-order chi connectivity index (χ0) is 19.8. The molecular weight excluding hydrogens is 388 g/mol. The number of aryl methyl sites for hydroxylation is 2. The van der Waals surface area contributed by atoms with Crippen LogP contribution in [0.25, 0.3) is 10.2 Å². The minimum atomic E-state index is -3.70. The van der Waals surface area contributed by atoms with Crippen LogP contribution in [0.1, 0.15) is 26.6 Å². The van der Waals surface area contributed by atoms with E-state index >= 15 is 0 Å². The number of nitrogens with one attached hydrogen (secondary N) is 1. The number of benzene rings is 1. The Hall–Kier alpha value is -2.56. The zero-order valence-electron chi connectivity index (χ0n) is 14.7. The van der Waals surface area contributed by atoms with Gasteiger partial charge in [-0.05, 0) is 43.5 Å². The highest BCUT2D eigenvalue weighted by molar-refractivity contribution is 7.89. The number of thiophene rings is 1. The summed E-state index contributed by atoms with van der Waals surface area (Å²) in [5, 5.41) is 18.4. The maximum atomic E-state index is 11.4. The molecule has 0 amide bonds. The van der Waals surface area contributed by atoms with Crippen molar-refractivity contribution >= 4 is 43.4 Å². The van der Waals surface area contributed by atoms with Gasteiger partial charge in [-0.15, -0.1) is 11.3 Å². The molecule has 3 aromatic rings. The number of rotatable bonds is 6. The van der Waals surface area contributed by atoms with Crippen LogP contribution in [0.5, 0.6) is 0 Å². The summed E-state index contributed by atoms with van der Waals surface area (Å²) in [6, 6.07) is 6.36. The fourth-order valence-corrected chi connectivity index (χ4v) is 4.33. The maximum Gasteiger partial charge on any atom is 0.346 e. The lowest BCUT2D eigenvalue weighted by molar-refractivity contribution is 0.0701. The van der Waals surface area contributed by atoms with Crippen molar-refractivity contribution in [1.82, 2.24) is 9.97 Å². The van der Waals surface area contributed by atoms with Crippen LogP contribution in [-0.4, -0.2) is 36.0 Å². The molecule has 8 nitrogen and oxygen atoms in total. The van der Waals surface area contributed by atoms with E-state index < -0.39 is 16.0 Å². The Morgan fingerprint density at radius 1 is 1.22 bits per heavy atom. The summed E-state index contributed by atoms with van der Waals surface area (Å²) in [6.45, 7) is 4.04. The van der Waals surface area contributed by atoms with Gasteiger partial charge in [-0.25, -0.2) is 28.3 Å². The van der Waals surface area contributed by atoms with Gasteiger partial charge in [0.25, 0.3) is 0 Å². The number of aromatic nitrogens is 2. The van der Waals surface area contributed by atoms with E-state index in [1.807, 2.05) is 0 Å². The second-order valence-corrected chi connectivity index (χ2v) is 8.59. The standard InChI is InChI=1S/C17H18N4O4S2/c1-9-13-15(20-10(2)21-16(13)26-14(9)17(22)23)19-8-7-11-3-5-12(6-4-11)27(18,24)25/h3-6H,7-8H2,1-2H3,(H,22,23)(H2,18,24,25)(H,19,20,21). The van der Waals surface area contributed by atoms with Gasteiger partial charge in [0, 0.05) is 6.54 Å². The molecule has 0 saturated heterocycles. The number of hydrogen-bond acceptors (Lipinski definition) is 7. The average Bonchev–Trinajstić information content (AvgIpc) is 2.91. The smallest absolute Gasteiger partial charge is 0.346 e. The number of carboxylic acids is 1. The first-order chi connectivity index (χ1) is 12.7. The van der Waals surface area contributed by atoms with Crippen LogP contribution < -0.4 is 10.5 Å². The Morgan fingerprint density at radius 2 is 1.89 bits per heavy atom. The fraction of sp³-hybridized carbons (Fsp3) is 0.235. The third kappa shape index (κ3) is 4.07. The fourth-order valence-electron chi connectivity index (χ4n) is 2.75. The summed E-state index contributed by atoms with van der Waals surface area (Å²) < 4.78 is 22.6. The predicted octanol–water partition coefficient (Wildman–Crippen LogP) is 2.31. The van der Waals surface area contributed by atoms with Crippen LogP contribution in [0.2, 0.25) is 0 Å². The molecular formula is C17H18N4O4S2. The molecule has 0 atom stereocenters. The van der Waals surface area contributed by atoms with E-state index in [4.69, 9.17) is 5.14 Å². The summed E-state index contributed by atoms with van der Waals surface area (Å²) in [5.74, 6) is 0.176. The lowest BCUT2D eigenvalue weighted by atomic mass is 10.1. The van der Waals surface area contributed by atoms with Gasteiger partial charge in [-0.2, -0.15) is 0 Å². The highest BCUT2D eigenvalue weighted by Crippen LogP contribution is 2.33. The van der Waals surface area contributed by atoms with E-state index in [0.29, 0.717) is 40.4 Å². The lowest BCUT2D eigenvalue weighted by Gasteiger charge is -2.09. The minimum Gasteiger partial charge on any atom is -0.477 e. The normalized spacial score (nSPS) is 11.7. The molecule has 0 fully saturated rings. The summed E-state index contributed by atoms with van der Waals surface area (Å²) in [6.07, 6.45) is 0.629. The monoisotopic (exact) mass is 406 g/mol. The number of anilines is 1. The van der Waals surface area contributed by atoms with E-state index in [2.05, 4.69) is 15.3 Å². The van der Waals surface area contributed by atoms with E-state index in [-0.39, 0.29) is 9.77 Å². The van der Waals surface area contributed by atoms with Gasteiger partial charge in [-0.1, -0.05) is 12.1 Å².